The summed E-state index contributed by atoms with van der Waals surface area (Å²) < 4.78 is 4.87. The molecule has 0 saturated carbocycles. The summed E-state index contributed by atoms with van der Waals surface area (Å²) in [6.45, 7) is -0.0172. The molecular weight excluding hydrogens is 182 g/mol. The van der Waals surface area contributed by atoms with Gasteiger partial charge in [0.1, 0.15) is 6.07 Å². The molecule has 0 heterocycles. The number of ether oxygens (including phenoxy) is 1. The van der Waals surface area contributed by atoms with Crippen LogP contribution in [0.2, 0.25) is 0 Å². The van der Waals surface area contributed by atoms with Crippen molar-refractivity contribution in [2.75, 3.05) is 13.7 Å². The Morgan fingerprint density at radius 2 is 2.21 bits per heavy atom. The quantitative estimate of drug-likeness (QED) is 0.744. The van der Waals surface area contributed by atoms with Crippen molar-refractivity contribution in [2.24, 2.45) is 0 Å². The zero-order chi connectivity index (χ0) is 10.6. The summed E-state index contributed by atoms with van der Waals surface area (Å²) in [6, 6.07) is 4.99. The minimum Gasteiger partial charge on any atom is -0.504 e. The Hall–Kier alpha value is -1.73. The lowest BCUT2D eigenvalue weighted by Crippen LogP contribution is -1.94. The van der Waals surface area contributed by atoms with Crippen molar-refractivity contribution in [1.29, 1.82) is 5.26 Å². The molecule has 0 bridgehead atoms. The Labute approximate surface area is 82.0 Å². The number of aliphatic hydroxyl groups excluding tert-OH is 1. The van der Waals surface area contributed by atoms with Gasteiger partial charge in [0.2, 0.25) is 0 Å². The molecule has 4 heteroatoms. The summed E-state index contributed by atoms with van der Waals surface area (Å²) in [5.74, 6) is 0.101. The van der Waals surface area contributed by atoms with Gasteiger partial charge in [-0.15, -0.1) is 0 Å². The number of rotatable bonds is 3. The molecule has 14 heavy (non-hydrogen) atoms. The second-order valence-corrected chi connectivity index (χ2v) is 2.78. The molecule has 2 N–H and O–H groups in total. The zero-order valence-corrected chi connectivity index (χ0v) is 7.82. The minimum atomic E-state index is -0.0741. The van der Waals surface area contributed by atoms with Crippen molar-refractivity contribution in [1.82, 2.24) is 0 Å². The van der Waals surface area contributed by atoms with Crippen LogP contribution in [0.15, 0.2) is 12.1 Å². The maximum Gasteiger partial charge on any atom is 0.178 e. The summed E-state index contributed by atoms with van der Waals surface area (Å²) in [5, 5.41) is 26.9. The first-order valence-electron chi connectivity index (χ1n) is 4.13. The number of hydrogen-bond donors (Lipinski definition) is 2. The summed E-state index contributed by atoms with van der Waals surface area (Å²) in [7, 11) is 1.39. The molecule has 0 fully saturated rings. The zero-order valence-electron chi connectivity index (χ0n) is 7.82. The average molecular weight is 193 g/mol. The van der Waals surface area contributed by atoms with Gasteiger partial charge in [0.25, 0.3) is 0 Å². The van der Waals surface area contributed by atoms with Crippen LogP contribution in [0.4, 0.5) is 0 Å². The molecule has 1 rings (SSSR count). The highest BCUT2D eigenvalue weighted by Crippen LogP contribution is 2.31. The molecule has 0 amide bonds. The number of nitriles is 1. The number of aliphatic hydroxyl groups is 1. The van der Waals surface area contributed by atoms with Crippen LogP contribution in [0.1, 0.15) is 11.1 Å². The molecule has 0 aliphatic heterocycles. The first kappa shape index (κ1) is 10.4. The van der Waals surface area contributed by atoms with Crippen LogP contribution in [0.3, 0.4) is 0 Å². The van der Waals surface area contributed by atoms with Gasteiger partial charge >= 0.3 is 0 Å². The van der Waals surface area contributed by atoms with Gasteiger partial charge in [-0.05, 0) is 24.1 Å². The van der Waals surface area contributed by atoms with Crippen LogP contribution in [-0.4, -0.2) is 23.9 Å². The molecule has 1 aromatic carbocycles. The summed E-state index contributed by atoms with van der Waals surface area (Å²) >= 11 is 0. The lowest BCUT2D eigenvalue weighted by Gasteiger charge is -2.07. The fourth-order valence-electron chi connectivity index (χ4n) is 1.24. The molecule has 0 aliphatic carbocycles. The van der Waals surface area contributed by atoms with E-state index in [0.29, 0.717) is 12.0 Å². The predicted molar refractivity (Wildman–Crippen MR) is 50.2 cm³/mol. The molecule has 0 unspecified atom stereocenters. The van der Waals surface area contributed by atoms with Crippen LogP contribution in [0.25, 0.3) is 0 Å². The van der Waals surface area contributed by atoms with Crippen molar-refractivity contribution in [3.63, 3.8) is 0 Å². The van der Waals surface area contributed by atoms with Crippen LogP contribution in [0, 0.1) is 11.3 Å². The van der Waals surface area contributed by atoms with Crippen molar-refractivity contribution < 1.29 is 14.9 Å². The number of nitrogens with zero attached hydrogens (tertiary/aromatic N) is 1. The Kier molecular flexibility index (Phi) is 3.32. The molecule has 1 aromatic rings. The van der Waals surface area contributed by atoms with E-state index < -0.39 is 0 Å². The highest BCUT2D eigenvalue weighted by molar-refractivity contribution is 5.54. The third-order valence-corrected chi connectivity index (χ3v) is 1.85. The predicted octanol–water partition coefficient (Wildman–Crippen LogP) is 0.807. The van der Waals surface area contributed by atoms with Gasteiger partial charge in [-0.2, -0.15) is 5.26 Å². The molecule has 0 saturated heterocycles. The molecule has 0 aromatic heterocycles. The van der Waals surface area contributed by atoms with E-state index in [1.165, 1.54) is 13.2 Å². The number of methoxy groups -OCH3 is 1. The maximum absolute atomic E-state index is 9.47. The summed E-state index contributed by atoms with van der Waals surface area (Å²) in [6.07, 6.45) is 0.409. The van der Waals surface area contributed by atoms with E-state index in [1.54, 1.807) is 6.07 Å². The maximum atomic E-state index is 9.47. The van der Waals surface area contributed by atoms with Crippen molar-refractivity contribution in [2.45, 2.75) is 6.42 Å². The first-order chi connectivity index (χ1) is 6.72. The topological polar surface area (TPSA) is 73.5 Å². The number of hydrogen-bond acceptors (Lipinski definition) is 4. The minimum absolute atomic E-state index is 0.0172. The van der Waals surface area contributed by atoms with Gasteiger partial charge < -0.3 is 14.9 Å². The number of aromatic hydroxyl groups is 1. The second-order valence-electron chi connectivity index (χ2n) is 2.78. The fraction of sp³-hybridized carbons (Fsp3) is 0.300. The van der Waals surface area contributed by atoms with E-state index in [0.717, 1.165) is 0 Å². The molecule has 0 atom stereocenters. The van der Waals surface area contributed by atoms with Gasteiger partial charge in [-0.3, -0.25) is 0 Å². The Morgan fingerprint density at radius 3 is 2.71 bits per heavy atom. The van der Waals surface area contributed by atoms with Gasteiger partial charge in [0.15, 0.2) is 11.5 Å². The molecule has 4 nitrogen and oxygen atoms in total. The number of phenols is 1. The number of phenolic OH excluding ortho intramolecular Hbond substituents is 1. The molecular formula is C10H11NO3. The summed E-state index contributed by atoms with van der Waals surface area (Å²) in [5.41, 5.74) is 0.985. The monoisotopic (exact) mass is 193 g/mol. The Balaban J connectivity index is 3.19. The molecule has 74 valence electrons. The van der Waals surface area contributed by atoms with E-state index >= 15 is 0 Å². The smallest absolute Gasteiger partial charge is 0.178 e. The second kappa shape index (κ2) is 4.49. The van der Waals surface area contributed by atoms with E-state index in [1.807, 2.05) is 6.07 Å². The largest absolute Gasteiger partial charge is 0.504 e. The number of benzene rings is 1. The Bertz CT molecular complexity index is 368. The van der Waals surface area contributed by atoms with Crippen molar-refractivity contribution in [3.05, 3.63) is 23.3 Å². The third kappa shape index (κ3) is 1.95. The van der Waals surface area contributed by atoms with Gasteiger partial charge in [-0.1, -0.05) is 0 Å². The first-order valence-corrected chi connectivity index (χ1v) is 4.13. The highest BCUT2D eigenvalue weighted by atomic mass is 16.5. The van der Waals surface area contributed by atoms with Crippen LogP contribution in [-0.2, 0) is 6.42 Å². The van der Waals surface area contributed by atoms with E-state index in [2.05, 4.69) is 0 Å². The van der Waals surface area contributed by atoms with Crippen molar-refractivity contribution in [3.8, 4) is 17.6 Å². The van der Waals surface area contributed by atoms with E-state index in [-0.39, 0.29) is 23.7 Å². The highest BCUT2D eigenvalue weighted by Gasteiger charge is 2.09. The SMILES string of the molecule is COc1c(O)cc(CCO)cc1C#N. The molecule has 0 aliphatic rings. The lowest BCUT2D eigenvalue weighted by atomic mass is 10.1. The Morgan fingerprint density at radius 1 is 1.50 bits per heavy atom. The standard InChI is InChI=1S/C10H11NO3/c1-14-10-8(6-11)4-7(2-3-12)5-9(10)13/h4-5,12-13H,2-3H2,1H3. The summed E-state index contributed by atoms with van der Waals surface area (Å²) in [4.78, 5) is 0. The van der Waals surface area contributed by atoms with Gasteiger partial charge in [0.05, 0.1) is 12.7 Å². The van der Waals surface area contributed by atoms with Gasteiger partial charge in [-0.25, -0.2) is 0 Å². The van der Waals surface area contributed by atoms with Crippen LogP contribution in [0.5, 0.6) is 11.5 Å². The van der Waals surface area contributed by atoms with Crippen molar-refractivity contribution >= 4 is 0 Å². The van der Waals surface area contributed by atoms with E-state index in [4.69, 9.17) is 15.1 Å². The van der Waals surface area contributed by atoms with Crippen LogP contribution < -0.4 is 4.74 Å². The van der Waals surface area contributed by atoms with E-state index in [9.17, 15) is 5.11 Å². The molecule has 0 spiro atoms. The van der Waals surface area contributed by atoms with Gasteiger partial charge in [0, 0.05) is 6.61 Å². The lowest BCUT2D eigenvalue weighted by molar-refractivity contribution is 0.299. The van der Waals surface area contributed by atoms with Crippen LogP contribution >= 0.6 is 0 Å². The normalized spacial score (nSPS) is 9.50. The fourth-order valence-corrected chi connectivity index (χ4v) is 1.24. The molecule has 0 radical (unpaired) electrons. The average Bonchev–Trinajstić information content (AvgIpc) is 2.17. The third-order valence-electron chi connectivity index (χ3n) is 1.85.